The molecule has 0 radical (unpaired) electrons. The van der Waals surface area contributed by atoms with Crippen molar-refractivity contribution in [2.45, 2.75) is 72.8 Å². The van der Waals surface area contributed by atoms with Gasteiger partial charge in [0.2, 0.25) is 5.91 Å². The zero-order valence-electron chi connectivity index (χ0n) is 16.3. The summed E-state index contributed by atoms with van der Waals surface area (Å²) in [6.07, 6.45) is 4.15. The van der Waals surface area contributed by atoms with Gasteiger partial charge in [0.05, 0.1) is 5.60 Å². The summed E-state index contributed by atoms with van der Waals surface area (Å²) in [6.45, 7) is 18.3. The molecule has 0 aliphatic carbocycles. The number of rotatable bonds is 9. The van der Waals surface area contributed by atoms with E-state index in [-0.39, 0.29) is 16.9 Å². The van der Waals surface area contributed by atoms with Gasteiger partial charge >= 0.3 is 0 Å². The van der Waals surface area contributed by atoms with E-state index in [1.807, 2.05) is 4.90 Å². The van der Waals surface area contributed by atoms with Crippen molar-refractivity contribution in [3.63, 3.8) is 0 Å². The van der Waals surface area contributed by atoms with Gasteiger partial charge in [0.15, 0.2) is 0 Å². The Morgan fingerprint density at radius 2 is 1.57 bits per heavy atom. The Bertz CT molecular complexity index is 358. The van der Waals surface area contributed by atoms with Crippen LogP contribution in [-0.4, -0.2) is 60.6 Å². The van der Waals surface area contributed by atoms with E-state index < -0.39 is 0 Å². The summed E-state index contributed by atoms with van der Waals surface area (Å²) >= 11 is 0. The summed E-state index contributed by atoms with van der Waals surface area (Å²) in [4.78, 5) is 17.3. The van der Waals surface area contributed by atoms with Crippen molar-refractivity contribution in [1.29, 1.82) is 0 Å². The number of hydrogen-bond donors (Lipinski definition) is 0. The Balaban J connectivity index is 2.42. The summed E-state index contributed by atoms with van der Waals surface area (Å²) in [5.41, 5.74) is -0.422. The fraction of sp³-hybridized carbons (Fsp3) is 0.947. The molecule has 0 saturated carbocycles. The number of nitrogens with zero attached hydrogens (tertiary/aromatic N) is 2. The predicted octanol–water partition coefficient (Wildman–Crippen LogP) is 3.55. The summed E-state index contributed by atoms with van der Waals surface area (Å²) in [5.74, 6) is 0.283. The first kappa shape index (κ1) is 20.4. The lowest BCUT2D eigenvalue weighted by Crippen LogP contribution is -2.52. The molecule has 0 aromatic heterocycles. The number of carbonyl (C=O) groups is 1. The molecule has 1 fully saturated rings. The lowest BCUT2D eigenvalue weighted by Gasteiger charge is -2.39. The van der Waals surface area contributed by atoms with Crippen LogP contribution in [0.3, 0.4) is 0 Å². The second kappa shape index (κ2) is 9.03. The van der Waals surface area contributed by atoms with E-state index >= 15 is 0 Å². The van der Waals surface area contributed by atoms with Crippen LogP contribution < -0.4 is 0 Å². The second-order valence-corrected chi connectivity index (χ2v) is 8.13. The molecule has 0 aromatic carbocycles. The van der Waals surface area contributed by atoms with Crippen LogP contribution in [0.4, 0.5) is 0 Å². The molecule has 0 unspecified atom stereocenters. The van der Waals surface area contributed by atoms with Gasteiger partial charge in [-0.2, -0.15) is 0 Å². The van der Waals surface area contributed by atoms with E-state index in [0.29, 0.717) is 6.61 Å². The zero-order chi connectivity index (χ0) is 17.5. The average molecular weight is 327 g/mol. The molecule has 0 spiro atoms. The average Bonchev–Trinajstić information content (AvgIpc) is 2.47. The maximum Gasteiger partial charge on any atom is 0.228 e. The lowest BCUT2D eigenvalue weighted by atomic mass is 9.87. The normalized spacial score (nSPS) is 17.6. The van der Waals surface area contributed by atoms with Gasteiger partial charge in [-0.05, 0) is 39.7 Å². The monoisotopic (exact) mass is 326 g/mol. The zero-order valence-corrected chi connectivity index (χ0v) is 16.3. The van der Waals surface area contributed by atoms with Crippen molar-refractivity contribution >= 4 is 5.91 Å². The quantitative estimate of drug-likeness (QED) is 0.649. The van der Waals surface area contributed by atoms with Gasteiger partial charge in [-0.3, -0.25) is 9.69 Å². The van der Waals surface area contributed by atoms with Crippen molar-refractivity contribution in [2.24, 2.45) is 5.41 Å². The van der Waals surface area contributed by atoms with Crippen LogP contribution in [0, 0.1) is 5.41 Å². The van der Waals surface area contributed by atoms with Crippen molar-refractivity contribution in [1.82, 2.24) is 9.80 Å². The lowest BCUT2D eigenvalue weighted by molar-refractivity contribution is -0.144. The van der Waals surface area contributed by atoms with Gasteiger partial charge in [-0.1, -0.05) is 34.1 Å². The molecule has 0 N–H and O–H groups in total. The van der Waals surface area contributed by atoms with Crippen LogP contribution in [0.1, 0.15) is 67.2 Å². The van der Waals surface area contributed by atoms with Crippen molar-refractivity contribution in [3.05, 3.63) is 0 Å². The molecular formula is C19H38N2O2. The van der Waals surface area contributed by atoms with Crippen molar-refractivity contribution in [3.8, 4) is 0 Å². The third-order valence-corrected chi connectivity index (χ3v) is 4.85. The van der Waals surface area contributed by atoms with Crippen LogP contribution in [0.5, 0.6) is 0 Å². The first-order valence-electron chi connectivity index (χ1n) is 9.37. The van der Waals surface area contributed by atoms with E-state index in [4.69, 9.17) is 4.74 Å². The maximum absolute atomic E-state index is 12.8. The number of piperazine rings is 1. The molecule has 0 bridgehead atoms. The van der Waals surface area contributed by atoms with E-state index in [2.05, 4.69) is 46.4 Å². The molecule has 136 valence electrons. The van der Waals surface area contributed by atoms with Crippen LogP contribution in [0.15, 0.2) is 0 Å². The topological polar surface area (TPSA) is 32.8 Å². The number of ether oxygens (including phenoxy) is 1. The fourth-order valence-electron chi connectivity index (χ4n) is 3.28. The Hall–Kier alpha value is -0.610. The standard InChI is InChI=1S/C19H38N2O2/c1-7-9-19(5,6)23-16-10-18(3,4)17(22)21-14-12-20(11-8-2)13-15-21/h7-16H2,1-6H3. The number of carbonyl (C=O) groups excluding carboxylic acids is 1. The molecule has 1 amide bonds. The maximum atomic E-state index is 12.8. The van der Waals surface area contributed by atoms with Crippen LogP contribution >= 0.6 is 0 Å². The largest absolute Gasteiger partial charge is 0.376 e. The Kier molecular flexibility index (Phi) is 8.02. The molecule has 1 saturated heterocycles. The molecule has 0 aromatic rings. The first-order valence-corrected chi connectivity index (χ1v) is 9.37. The molecule has 1 aliphatic heterocycles. The summed E-state index contributed by atoms with van der Waals surface area (Å²) in [5, 5.41) is 0. The molecule has 4 heteroatoms. The van der Waals surface area contributed by atoms with Crippen LogP contribution in [0.25, 0.3) is 0 Å². The summed E-state index contributed by atoms with van der Waals surface area (Å²) < 4.78 is 6.01. The molecule has 23 heavy (non-hydrogen) atoms. The SMILES string of the molecule is CCCN1CCN(C(=O)C(C)(C)CCOC(C)(C)CCC)CC1. The second-order valence-electron chi connectivity index (χ2n) is 8.13. The van der Waals surface area contributed by atoms with E-state index in [0.717, 1.165) is 52.0 Å². The Morgan fingerprint density at radius 1 is 0.957 bits per heavy atom. The minimum Gasteiger partial charge on any atom is -0.376 e. The van der Waals surface area contributed by atoms with Gasteiger partial charge in [-0.25, -0.2) is 0 Å². The molecule has 4 nitrogen and oxygen atoms in total. The molecule has 1 rings (SSSR count). The van der Waals surface area contributed by atoms with Crippen molar-refractivity contribution in [2.75, 3.05) is 39.3 Å². The van der Waals surface area contributed by atoms with Crippen LogP contribution in [0.2, 0.25) is 0 Å². The smallest absolute Gasteiger partial charge is 0.228 e. The Morgan fingerprint density at radius 3 is 2.09 bits per heavy atom. The third-order valence-electron chi connectivity index (χ3n) is 4.85. The third kappa shape index (κ3) is 6.80. The summed E-state index contributed by atoms with van der Waals surface area (Å²) in [7, 11) is 0. The van der Waals surface area contributed by atoms with Gasteiger partial charge in [0, 0.05) is 38.2 Å². The number of amides is 1. The van der Waals surface area contributed by atoms with E-state index in [9.17, 15) is 4.79 Å². The highest BCUT2D eigenvalue weighted by Crippen LogP contribution is 2.26. The molecule has 1 aliphatic rings. The molecular weight excluding hydrogens is 288 g/mol. The van der Waals surface area contributed by atoms with E-state index in [1.165, 1.54) is 6.42 Å². The highest BCUT2D eigenvalue weighted by molar-refractivity contribution is 5.82. The van der Waals surface area contributed by atoms with Gasteiger partial charge in [0.1, 0.15) is 0 Å². The fourth-order valence-corrected chi connectivity index (χ4v) is 3.28. The van der Waals surface area contributed by atoms with Gasteiger partial charge in [0.25, 0.3) is 0 Å². The minimum absolute atomic E-state index is 0.0837. The number of hydrogen-bond acceptors (Lipinski definition) is 3. The highest BCUT2D eigenvalue weighted by atomic mass is 16.5. The first-order chi connectivity index (χ1) is 10.7. The molecule has 1 heterocycles. The van der Waals surface area contributed by atoms with Gasteiger partial charge < -0.3 is 9.64 Å². The van der Waals surface area contributed by atoms with Crippen molar-refractivity contribution < 1.29 is 9.53 Å². The minimum atomic E-state index is -0.338. The van der Waals surface area contributed by atoms with Gasteiger partial charge in [-0.15, -0.1) is 0 Å². The van der Waals surface area contributed by atoms with Crippen LogP contribution in [-0.2, 0) is 9.53 Å². The Labute approximate surface area is 143 Å². The van der Waals surface area contributed by atoms with E-state index in [1.54, 1.807) is 0 Å². The predicted molar refractivity (Wildman–Crippen MR) is 96.6 cm³/mol. The highest BCUT2D eigenvalue weighted by Gasteiger charge is 2.33. The molecule has 0 atom stereocenters. The summed E-state index contributed by atoms with van der Waals surface area (Å²) in [6, 6.07) is 0.